The zero-order valence-electron chi connectivity index (χ0n) is 10.3. The van der Waals surface area contributed by atoms with Crippen molar-refractivity contribution in [2.45, 2.75) is 13.5 Å². The molecule has 0 aliphatic heterocycles. The number of aromatic nitrogens is 3. The van der Waals surface area contributed by atoms with Crippen molar-refractivity contribution < 1.29 is 0 Å². The van der Waals surface area contributed by atoms with E-state index in [-0.39, 0.29) is 0 Å². The van der Waals surface area contributed by atoms with E-state index >= 15 is 0 Å². The largest absolute Gasteiger partial charge is 0.396 e. The molecular formula is C12H14N6. The van der Waals surface area contributed by atoms with Crippen molar-refractivity contribution in [1.82, 2.24) is 14.8 Å². The minimum atomic E-state index is 0.454. The third kappa shape index (κ3) is 2.40. The first-order valence-corrected chi connectivity index (χ1v) is 5.48. The number of pyridine rings is 1. The van der Waals surface area contributed by atoms with Gasteiger partial charge < -0.3 is 11.1 Å². The second kappa shape index (κ2) is 4.75. The molecule has 3 N–H and O–H groups in total. The predicted molar refractivity (Wildman–Crippen MR) is 68.6 cm³/mol. The van der Waals surface area contributed by atoms with Crippen molar-refractivity contribution in [3.63, 3.8) is 0 Å². The van der Waals surface area contributed by atoms with Crippen LogP contribution in [0.2, 0.25) is 0 Å². The molecule has 2 heterocycles. The first-order chi connectivity index (χ1) is 8.60. The fourth-order valence-corrected chi connectivity index (χ4v) is 1.69. The summed E-state index contributed by atoms with van der Waals surface area (Å²) in [4.78, 5) is 4.11. The van der Waals surface area contributed by atoms with Crippen LogP contribution in [0.25, 0.3) is 0 Å². The number of nitrogen functional groups attached to an aromatic ring is 1. The van der Waals surface area contributed by atoms with Crippen LogP contribution in [0.1, 0.15) is 16.8 Å². The second-order valence-electron chi connectivity index (χ2n) is 4.04. The lowest BCUT2D eigenvalue weighted by atomic mass is 10.2. The zero-order chi connectivity index (χ0) is 13.1. The lowest BCUT2D eigenvalue weighted by Gasteiger charge is -2.07. The highest BCUT2D eigenvalue weighted by molar-refractivity contribution is 5.63. The van der Waals surface area contributed by atoms with Gasteiger partial charge in [0.15, 0.2) is 0 Å². The van der Waals surface area contributed by atoms with Crippen LogP contribution in [0.5, 0.6) is 0 Å². The van der Waals surface area contributed by atoms with Gasteiger partial charge in [-0.1, -0.05) is 0 Å². The average Bonchev–Trinajstić information content (AvgIpc) is 2.66. The van der Waals surface area contributed by atoms with E-state index in [0.29, 0.717) is 23.6 Å². The number of nitrogens with two attached hydrogens (primary N) is 1. The van der Waals surface area contributed by atoms with E-state index in [9.17, 15) is 0 Å². The van der Waals surface area contributed by atoms with E-state index in [1.807, 2.05) is 26.2 Å². The fourth-order valence-electron chi connectivity index (χ4n) is 1.69. The van der Waals surface area contributed by atoms with Crippen molar-refractivity contribution in [3.8, 4) is 6.07 Å². The van der Waals surface area contributed by atoms with Gasteiger partial charge in [-0.25, -0.2) is 4.98 Å². The SMILES string of the molecule is Cc1nn(C)cc1CNc1ncc(C#N)cc1N. The number of aryl methyl sites for hydroxylation is 2. The quantitative estimate of drug-likeness (QED) is 0.843. The summed E-state index contributed by atoms with van der Waals surface area (Å²) in [5.41, 5.74) is 8.79. The summed E-state index contributed by atoms with van der Waals surface area (Å²) in [5.74, 6) is 0.581. The molecule has 2 rings (SSSR count). The fraction of sp³-hybridized carbons (Fsp3) is 0.250. The molecule has 18 heavy (non-hydrogen) atoms. The van der Waals surface area contributed by atoms with Gasteiger partial charge in [-0.05, 0) is 13.0 Å². The maximum absolute atomic E-state index is 8.72. The molecule has 6 nitrogen and oxygen atoms in total. The van der Waals surface area contributed by atoms with Crippen molar-refractivity contribution in [1.29, 1.82) is 5.26 Å². The maximum atomic E-state index is 8.72. The Hall–Kier alpha value is -2.55. The summed E-state index contributed by atoms with van der Waals surface area (Å²) >= 11 is 0. The molecule has 0 unspecified atom stereocenters. The van der Waals surface area contributed by atoms with Gasteiger partial charge in [0.2, 0.25) is 0 Å². The van der Waals surface area contributed by atoms with Crippen LogP contribution in [0.4, 0.5) is 11.5 Å². The topological polar surface area (TPSA) is 92.5 Å². The lowest BCUT2D eigenvalue weighted by molar-refractivity contribution is 0.756. The van der Waals surface area contributed by atoms with Gasteiger partial charge in [-0.15, -0.1) is 0 Å². The van der Waals surface area contributed by atoms with Gasteiger partial charge in [0.25, 0.3) is 0 Å². The van der Waals surface area contributed by atoms with Crippen LogP contribution in [0.3, 0.4) is 0 Å². The van der Waals surface area contributed by atoms with Crippen LogP contribution in [-0.2, 0) is 13.6 Å². The molecule has 6 heteroatoms. The van der Waals surface area contributed by atoms with Crippen LogP contribution >= 0.6 is 0 Å². The number of nitriles is 1. The van der Waals surface area contributed by atoms with Crippen molar-refractivity contribution in [2.24, 2.45) is 7.05 Å². The number of hydrogen-bond acceptors (Lipinski definition) is 5. The Morgan fingerprint density at radius 2 is 2.33 bits per heavy atom. The standard InChI is InChI=1S/C12H14N6/c1-8-10(7-18(2)17-8)6-16-12-11(14)3-9(4-13)5-15-12/h3,5,7H,6,14H2,1-2H3,(H,15,16). The molecule has 0 spiro atoms. The van der Waals surface area contributed by atoms with Gasteiger partial charge >= 0.3 is 0 Å². The normalized spacial score (nSPS) is 10.1. The van der Waals surface area contributed by atoms with E-state index in [2.05, 4.69) is 15.4 Å². The minimum absolute atomic E-state index is 0.454. The molecule has 0 aliphatic rings. The van der Waals surface area contributed by atoms with Crippen LogP contribution < -0.4 is 11.1 Å². The van der Waals surface area contributed by atoms with Crippen LogP contribution in [0, 0.1) is 18.3 Å². The summed E-state index contributed by atoms with van der Waals surface area (Å²) in [6.07, 6.45) is 3.44. The van der Waals surface area contributed by atoms with E-state index in [1.165, 1.54) is 6.20 Å². The lowest BCUT2D eigenvalue weighted by Crippen LogP contribution is -2.05. The Balaban J connectivity index is 2.11. The van der Waals surface area contributed by atoms with Crippen LogP contribution in [0.15, 0.2) is 18.5 Å². The van der Waals surface area contributed by atoms with Crippen LogP contribution in [-0.4, -0.2) is 14.8 Å². The summed E-state index contributed by atoms with van der Waals surface area (Å²) in [7, 11) is 1.88. The van der Waals surface area contributed by atoms with Gasteiger partial charge in [0.1, 0.15) is 11.9 Å². The number of anilines is 2. The van der Waals surface area contributed by atoms with E-state index in [1.54, 1.807) is 10.7 Å². The van der Waals surface area contributed by atoms with Gasteiger partial charge in [0, 0.05) is 31.5 Å². The molecule has 0 saturated carbocycles. The Kier molecular flexibility index (Phi) is 3.15. The molecule has 0 saturated heterocycles. The predicted octanol–water partition coefficient (Wildman–Crippen LogP) is 1.19. The van der Waals surface area contributed by atoms with E-state index in [4.69, 9.17) is 11.0 Å². The van der Waals surface area contributed by atoms with Crippen molar-refractivity contribution >= 4 is 11.5 Å². The summed E-state index contributed by atoms with van der Waals surface area (Å²) in [5, 5.41) is 16.1. The molecule has 0 amide bonds. The highest BCUT2D eigenvalue weighted by atomic mass is 15.3. The highest BCUT2D eigenvalue weighted by Gasteiger charge is 2.05. The number of nitrogens with zero attached hydrogens (tertiary/aromatic N) is 4. The Labute approximate surface area is 105 Å². The third-order valence-corrected chi connectivity index (χ3v) is 2.61. The average molecular weight is 242 g/mol. The molecule has 0 aliphatic carbocycles. The number of nitrogens with one attached hydrogen (secondary N) is 1. The maximum Gasteiger partial charge on any atom is 0.149 e. The molecule has 0 atom stereocenters. The summed E-state index contributed by atoms with van der Waals surface area (Å²) in [6.45, 7) is 2.55. The monoisotopic (exact) mass is 242 g/mol. The van der Waals surface area contributed by atoms with E-state index in [0.717, 1.165) is 11.3 Å². The van der Waals surface area contributed by atoms with Crippen molar-refractivity contribution in [3.05, 3.63) is 35.3 Å². The molecule has 92 valence electrons. The highest BCUT2D eigenvalue weighted by Crippen LogP contribution is 2.17. The molecular weight excluding hydrogens is 228 g/mol. The Bertz CT molecular complexity index is 608. The van der Waals surface area contributed by atoms with E-state index < -0.39 is 0 Å². The molecule has 0 aromatic carbocycles. The van der Waals surface area contributed by atoms with Crippen molar-refractivity contribution in [2.75, 3.05) is 11.1 Å². The minimum Gasteiger partial charge on any atom is -0.396 e. The molecule has 2 aromatic rings. The first kappa shape index (κ1) is 11.9. The summed E-state index contributed by atoms with van der Waals surface area (Å²) in [6, 6.07) is 3.60. The number of rotatable bonds is 3. The third-order valence-electron chi connectivity index (χ3n) is 2.61. The first-order valence-electron chi connectivity index (χ1n) is 5.48. The number of hydrogen-bond donors (Lipinski definition) is 2. The van der Waals surface area contributed by atoms with Gasteiger partial charge in [-0.3, -0.25) is 4.68 Å². The molecule has 0 fully saturated rings. The Morgan fingerprint density at radius 1 is 1.56 bits per heavy atom. The molecule has 2 aromatic heterocycles. The van der Waals surface area contributed by atoms with Gasteiger partial charge in [-0.2, -0.15) is 10.4 Å². The Morgan fingerprint density at radius 3 is 2.89 bits per heavy atom. The second-order valence-corrected chi connectivity index (χ2v) is 4.04. The zero-order valence-corrected chi connectivity index (χ0v) is 10.3. The molecule has 0 bridgehead atoms. The van der Waals surface area contributed by atoms with Gasteiger partial charge in [0.05, 0.1) is 16.9 Å². The smallest absolute Gasteiger partial charge is 0.149 e. The summed E-state index contributed by atoms with van der Waals surface area (Å²) < 4.78 is 1.77. The molecule has 0 radical (unpaired) electrons.